The highest BCUT2D eigenvalue weighted by molar-refractivity contribution is 5.76. The predicted molar refractivity (Wildman–Crippen MR) is 66.3 cm³/mol. The largest absolute Gasteiger partial charge is 0.479 e. The first-order valence-electron chi connectivity index (χ1n) is 6.37. The number of nitrogens with one attached hydrogen (secondary N) is 2. The number of hydrogen-bond donors (Lipinski definition) is 3. The van der Waals surface area contributed by atoms with Crippen molar-refractivity contribution in [2.24, 2.45) is 0 Å². The molecule has 0 aliphatic carbocycles. The molecule has 0 aromatic heterocycles. The van der Waals surface area contributed by atoms with Crippen LogP contribution in [-0.4, -0.2) is 48.3 Å². The molecule has 6 nitrogen and oxygen atoms in total. The fourth-order valence-corrected chi connectivity index (χ4v) is 1.83. The standard InChI is InChI=1S/C12H22N2O4/c1-8(2)13-6-5-11(15)14-7-9-3-4-10(18-9)12(16)17/h8-10,13H,3-7H2,1-2H3,(H,14,15)(H,16,17). The average molecular weight is 258 g/mol. The monoisotopic (exact) mass is 258 g/mol. The number of aliphatic carboxylic acids is 1. The molecule has 2 unspecified atom stereocenters. The van der Waals surface area contributed by atoms with E-state index in [1.54, 1.807) is 0 Å². The molecule has 1 fully saturated rings. The Balaban J connectivity index is 2.10. The molecule has 1 aliphatic rings. The molecule has 18 heavy (non-hydrogen) atoms. The number of carboxylic acid groups (broad SMARTS) is 1. The number of rotatable bonds is 7. The fourth-order valence-electron chi connectivity index (χ4n) is 1.83. The predicted octanol–water partition coefficient (Wildman–Crippen LogP) is 0.123. The van der Waals surface area contributed by atoms with Crippen LogP contribution >= 0.6 is 0 Å². The molecule has 1 rings (SSSR count). The van der Waals surface area contributed by atoms with Gasteiger partial charge in [-0.15, -0.1) is 0 Å². The summed E-state index contributed by atoms with van der Waals surface area (Å²) in [6.07, 6.45) is 0.738. The Bertz CT molecular complexity index is 294. The lowest BCUT2D eigenvalue weighted by atomic mass is 10.2. The number of carbonyl (C=O) groups is 2. The Hall–Kier alpha value is -1.14. The molecule has 0 spiro atoms. The lowest BCUT2D eigenvalue weighted by Gasteiger charge is -2.13. The second kappa shape index (κ2) is 7.33. The molecule has 104 valence electrons. The second-order valence-electron chi connectivity index (χ2n) is 4.83. The third-order valence-electron chi connectivity index (χ3n) is 2.81. The summed E-state index contributed by atoms with van der Waals surface area (Å²) in [5, 5.41) is 14.7. The van der Waals surface area contributed by atoms with Crippen molar-refractivity contribution in [2.45, 2.75) is 51.4 Å². The molecule has 0 saturated carbocycles. The van der Waals surface area contributed by atoms with Gasteiger partial charge in [0.1, 0.15) is 0 Å². The van der Waals surface area contributed by atoms with E-state index < -0.39 is 12.1 Å². The molecule has 0 aromatic carbocycles. The Morgan fingerprint density at radius 2 is 2.11 bits per heavy atom. The van der Waals surface area contributed by atoms with E-state index in [-0.39, 0.29) is 12.0 Å². The number of carboxylic acids is 1. The van der Waals surface area contributed by atoms with Gasteiger partial charge in [0.2, 0.25) is 5.91 Å². The maximum Gasteiger partial charge on any atom is 0.332 e. The van der Waals surface area contributed by atoms with Crippen molar-refractivity contribution < 1.29 is 19.4 Å². The maximum absolute atomic E-state index is 11.5. The molecule has 1 heterocycles. The highest BCUT2D eigenvalue weighted by Crippen LogP contribution is 2.19. The highest BCUT2D eigenvalue weighted by atomic mass is 16.5. The van der Waals surface area contributed by atoms with Gasteiger partial charge in [0.15, 0.2) is 6.10 Å². The van der Waals surface area contributed by atoms with Crippen LogP contribution in [0.1, 0.15) is 33.1 Å². The summed E-state index contributed by atoms with van der Waals surface area (Å²) < 4.78 is 5.29. The first-order chi connectivity index (χ1) is 8.49. The molecular formula is C12H22N2O4. The third-order valence-corrected chi connectivity index (χ3v) is 2.81. The van der Waals surface area contributed by atoms with Crippen LogP contribution in [0.25, 0.3) is 0 Å². The van der Waals surface area contributed by atoms with Gasteiger partial charge in [0.05, 0.1) is 6.10 Å². The van der Waals surface area contributed by atoms with Crippen LogP contribution in [0.2, 0.25) is 0 Å². The van der Waals surface area contributed by atoms with Crippen LogP contribution in [0, 0.1) is 0 Å². The first kappa shape index (κ1) is 14.9. The SMILES string of the molecule is CC(C)NCCC(=O)NCC1CCC(C(=O)O)O1. The minimum Gasteiger partial charge on any atom is -0.479 e. The minimum atomic E-state index is -0.926. The Morgan fingerprint density at radius 3 is 2.67 bits per heavy atom. The van der Waals surface area contributed by atoms with Crippen LogP contribution < -0.4 is 10.6 Å². The lowest BCUT2D eigenvalue weighted by Crippen LogP contribution is -2.35. The lowest BCUT2D eigenvalue weighted by molar-refractivity contribution is -0.149. The molecule has 1 aliphatic heterocycles. The molecule has 1 amide bonds. The second-order valence-corrected chi connectivity index (χ2v) is 4.83. The Morgan fingerprint density at radius 1 is 1.39 bits per heavy atom. The molecule has 6 heteroatoms. The number of carbonyl (C=O) groups excluding carboxylic acids is 1. The average Bonchev–Trinajstić information content (AvgIpc) is 2.74. The smallest absolute Gasteiger partial charge is 0.332 e. The van der Waals surface area contributed by atoms with E-state index in [4.69, 9.17) is 9.84 Å². The van der Waals surface area contributed by atoms with Gasteiger partial charge in [0.25, 0.3) is 0 Å². The molecule has 0 bridgehead atoms. The normalized spacial score (nSPS) is 23.3. The van der Waals surface area contributed by atoms with Crippen LogP contribution in [0.3, 0.4) is 0 Å². The van der Waals surface area contributed by atoms with Gasteiger partial charge in [-0.05, 0) is 12.8 Å². The summed E-state index contributed by atoms with van der Waals surface area (Å²) in [6.45, 7) is 5.09. The van der Waals surface area contributed by atoms with E-state index in [0.29, 0.717) is 38.4 Å². The summed E-state index contributed by atoms with van der Waals surface area (Å²) in [5.41, 5.74) is 0. The summed E-state index contributed by atoms with van der Waals surface area (Å²) in [6, 6.07) is 0.368. The minimum absolute atomic E-state index is 0.0366. The summed E-state index contributed by atoms with van der Waals surface area (Å²) in [7, 11) is 0. The van der Waals surface area contributed by atoms with Crippen molar-refractivity contribution in [3.63, 3.8) is 0 Å². The van der Waals surface area contributed by atoms with Crippen molar-refractivity contribution in [2.75, 3.05) is 13.1 Å². The van der Waals surface area contributed by atoms with Gasteiger partial charge in [-0.2, -0.15) is 0 Å². The molecule has 1 saturated heterocycles. The molecular weight excluding hydrogens is 236 g/mol. The fraction of sp³-hybridized carbons (Fsp3) is 0.833. The molecule has 0 radical (unpaired) electrons. The summed E-state index contributed by atoms with van der Waals surface area (Å²) in [4.78, 5) is 22.1. The van der Waals surface area contributed by atoms with Crippen LogP contribution in [0.15, 0.2) is 0 Å². The molecule has 2 atom stereocenters. The van der Waals surface area contributed by atoms with E-state index >= 15 is 0 Å². The van der Waals surface area contributed by atoms with Crippen molar-refractivity contribution in [3.8, 4) is 0 Å². The van der Waals surface area contributed by atoms with E-state index in [1.807, 2.05) is 13.8 Å². The molecule has 3 N–H and O–H groups in total. The zero-order valence-electron chi connectivity index (χ0n) is 10.9. The Labute approximate surface area is 107 Å². The topological polar surface area (TPSA) is 87.7 Å². The third kappa shape index (κ3) is 5.46. The van der Waals surface area contributed by atoms with Crippen LogP contribution in [-0.2, 0) is 14.3 Å². The van der Waals surface area contributed by atoms with Crippen LogP contribution in [0.4, 0.5) is 0 Å². The zero-order chi connectivity index (χ0) is 13.5. The van der Waals surface area contributed by atoms with Gasteiger partial charge in [0, 0.05) is 25.6 Å². The van der Waals surface area contributed by atoms with Crippen molar-refractivity contribution in [1.29, 1.82) is 0 Å². The number of hydrogen-bond acceptors (Lipinski definition) is 4. The van der Waals surface area contributed by atoms with Gasteiger partial charge in [-0.25, -0.2) is 4.79 Å². The van der Waals surface area contributed by atoms with Gasteiger partial charge >= 0.3 is 5.97 Å². The highest BCUT2D eigenvalue weighted by Gasteiger charge is 2.30. The van der Waals surface area contributed by atoms with Gasteiger partial charge in [-0.3, -0.25) is 4.79 Å². The van der Waals surface area contributed by atoms with E-state index in [9.17, 15) is 9.59 Å². The first-order valence-corrected chi connectivity index (χ1v) is 6.37. The van der Waals surface area contributed by atoms with E-state index in [0.717, 1.165) is 0 Å². The van der Waals surface area contributed by atoms with Crippen molar-refractivity contribution >= 4 is 11.9 Å². The summed E-state index contributed by atoms with van der Waals surface area (Å²) >= 11 is 0. The number of amides is 1. The van der Waals surface area contributed by atoms with Gasteiger partial charge in [-0.1, -0.05) is 13.8 Å². The number of ether oxygens (including phenoxy) is 1. The zero-order valence-corrected chi connectivity index (χ0v) is 10.9. The summed E-state index contributed by atoms with van der Waals surface area (Å²) in [5.74, 6) is -0.963. The van der Waals surface area contributed by atoms with Gasteiger partial charge < -0.3 is 20.5 Å². The quantitative estimate of drug-likeness (QED) is 0.604. The van der Waals surface area contributed by atoms with E-state index in [2.05, 4.69) is 10.6 Å². The van der Waals surface area contributed by atoms with Crippen LogP contribution in [0.5, 0.6) is 0 Å². The van der Waals surface area contributed by atoms with E-state index in [1.165, 1.54) is 0 Å². The van der Waals surface area contributed by atoms with Crippen molar-refractivity contribution in [1.82, 2.24) is 10.6 Å². The Kier molecular flexibility index (Phi) is 6.07. The molecule has 0 aromatic rings. The maximum atomic E-state index is 11.5. The van der Waals surface area contributed by atoms with Crippen molar-refractivity contribution in [3.05, 3.63) is 0 Å².